The predicted molar refractivity (Wildman–Crippen MR) is 157 cm³/mol. The summed E-state index contributed by atoms with van der Waals surface area (Å²) in [5.41, 5.74) is 10.0. The maximum atomic E-state index is 13.5. The van der Waals surface area contributed by atoms with Gasteiger partial charge in [-0.1, -0.05) is 54.4 Å². The Morgan fingerprint density at radius 3 is 2.70 bits per heavy atom. The van der Waals surface area contributed by atoms with Crippen molar-refractivity contribution in [2.45, 2.75) is 13.0 Å². The van der Waals surface area contributed by atoms with Crippen LogP contribution in [0, 0.1) is 16.5 Å². The first-order valence-electron chi connectivity index (χ1n) is 12.5. The van der Waals surface area contributed by atoms with Crippen molar-refractivity contribution in [3.8, 4) is 17.5 Å². The van der Waals surface area contributed by atoms with Gasteiger partial charge in [-0.2, -0.15) is 5.10 Å². The van der Waals surface area contributed by atoms with E-state index in [9.17, 15) is 4.79 Å². The Balaban J connectivity index is 1.48. The van der Waals surface area contributed by atoms with E-state index in [1.807, 2.05) is 79.3 Å². The molecule has 0 aliphatic heterocycles. The van der Waals surface area contributed by atoms with Crippen LogP contribution in [0.15, 0.2) is 85.5 Å². The highest BCUT2D eigenvalue weighted by atomic mass is 32.1. The fourth-order valence-corrected chi connectivity index (χ4v) is 5.18. The second-order valence-electron chi connectivity index (χ2n) is 9.31. The standard InChI is InChI=1S/C30H24N8OS/c1-19(34-29(39)26-27(31)35-37-15-7-14-32-28(26)37)24-16-22-9-6-8-21(13-12-20-17-33-36(2)18-20)25(22)30(40)38(24)23-10-4-3-5-11-23/h3-11,14-19H,1-2H3,(H2,31,35)(H,34,39). The Hall–Kier alpha value is -5.27. The molecule has 0 saturated heterocycles. The van der Waals surface area contributed by atoms with Gasteiger partial charge < -0.3 is 15.6 Å². The van der Waals surface area contributed by atoms with Crippen molar-refractivity contribution in [1.29, 1.82) is 0 Å². The second-order valence-corrected chi connectivity index (χ2v) is 9.70. The van der Waals surface area contributed by atoms with E-state index in [0.29, 0.717) is 10.3 Å². The van der Waals surface area contributed by atoms with Crippen LogP contribution < -0.4 is 11.1 Å². The van der Waals surface area contributed by atoms with E-state index >= 15 is 0 Å². The molecule has 6 aromatic rings. The molecule has 1 amide bonds. The molecule has 10 heteroatoms. The number of para-hydroxylation sites is 1. The summed E-state index contributed by atoms with van der Waals surface area (Å²) in [4.78, 5) is 17.7. The van der Waals surface area contributed by atoms with Gasteiger partial charge in [0.1, 0.15) is 10.2 Å². The van der Waals surface area contributed by atoms with Gasteiger partial charge in [-0.25, -0.2) is 9.50 Å². The molecule has 4 aromatic heterocycles. The lowest BCUT2D eigenvalue weighted by atomic mass is 10.0. The molecule has 0 bridgehead atoms. The van der Waals surface area contributed by atoms with Crippen LogP contribution in [0.4, 0.5) is 5.82 Å². The van der Waals surface area contributed by atoms with Crippen molar-refractivity contribution in [2.24, 2.45) is 7.05 Å². The van der Waals surface area contributed by atoms with Gasteiger partial charge in [-0.3, -0.25) is 9.48 Å². The molecule has 3 N–H and O–H groups in total. The van der Waals surface area contributed by atoms with Crippen molar-refractivity contribution in [2.75, 3.05) is 5.73 Å². The molecule has 6 rings (SSSR count). The van der Waals surface area contributed by atoms with E-state index in [1.54, 1.807) is 29.3 Å². The van der Waals surface area contributed by atoms with E-state index in [4.69, 9.17) is 18.0 Å². The number of aromatic nitrogens is 6. The molecule has 0 spiro atoms. The maximum Gasteiger partial charge on any atom is 0.259 e. The van der Waals surface area contributed by atoms with Crippen LogP contribution in [0.25, 0.3) is 22.1 Å². The third-order valence-corrected chi connectivity index (χ3v) is 6.96. The van der Waals surface area contributed by atoms with Crippen molar-refractivity contribution in [3.63, 3.8) is 0 Å². The minimum atomic E-state index is -0.443. The lowest BCUT2D eigenvalue weighted by molar-refractivity contribution is 0.0941. The quantitative estimate of drug-likeness (QED) is 0.248. The van der Waals surface area contributed by atoms with E-state index < -0.39 is 6.04 Å². The van der Waals surface area contributed by atoms with Gasteiger partial charge in [0.05, 0.1) is 17.8 Å². The van der Waals surface area contributed by atoms with E-state index in [2.05, 4.69) is 32.3 Å². The zero-order chi connectivity index (χ0) is 27.8. The average Bonchev–Trinajstić information content (AvgIpc) is 3.53. The van der Waals surface area contributed by atoms with Gasteiger partial charge in [-0.15, -0.1) is 5.10 Å². The van der Waals surface area contributed by atoms with Gasteiger partial charge in [0.15, 0.2) is 11.5 Å². The monoisotopic (exact) mass is 544 g/mol. The number of nitrogens with two attached hydrogens (primary N) is 1. The van der Waals surface area contributed by atoms with Crippen LogP contribution in [0.2, 0.25) is 0 Å². The summed E-state index contributed by atoms with van der Waals surface area (Å²) in [5.74, 6) is 6.20. The molecule has 40 heavy (non-hydrogen) atoms. The van der Waals surface area contributed by atoms with Gasteiger partial charge in [0, 0.05) is 48.0 Å². The summed E-state index contributed by atoms with van der Waals surface area (Å²) in [6.45, 7) is 1.91. The number of nitrogen functional groups attached to an aromatic ring is 1. The number of benzene rings is 2. The molecule has 0 radical (unpaired) electrons. The average molecular weight is 545 g/mol. The molecule has 0 aliphatic carbocycles. The van der Waals surface area contributed by atoms with Gasteiger partial charge in [-0.05, 0) is 42.6 Å². The minimum Gasteiger partial charge on any atom is -0.381 e. The minimum absolute atomic E-state index is 0.110. The molecule has 196 valence electrons. The summed E-state index contributed by atoms with van der Waals surface area (Å²) in [6, 6.07) is 19.1. The van der Waals surface area contributed by atoms with Crippen LogP contribution in [0.1, 0.15) is 40.1 Å². The predicted octanol–water partition coefficient (Wildman–Crippen LogP) is 4.61. The van der Waals surface area contributed by atoms with E-state index in [1.165, 1.54) is 4.52 Å². The zero-order valence-electron chi connectivity index (χ0n) is 21.7. The summed E-state index contributed by atoms with van der Waals surface area (Å²) in [7, 11) is 1.86. The number of hydrogen-bond acceptors (Lipinski definition) is 6. The molecular weight excluding hydrogens is 520 g/mol. The van der Waals surface area contributed by atoms with Crippen molar-refractivity contribution in [3.05, 3.63) is 112 Å². The number of carbonyl (C=O) groups is 1. The molecule has 1 atom stereocenters. The maximum absolute atomic E-state index is 13.5. The van der Waals surface area contributed by atoms with Gasteiger partial charge in [0.25, 0.3) is 5.91 Å². The first-order chi connectivity index (χ1) is 19.4. The molecule has 0 aliphatic rings. The van der Waals surface area contributed by atoms with Crippen molar-refractivity contribution < 1.29 is 4.79 Å². The highest BCUT2D eigenvalue weighted by Crippen LogP contribution is 2.29. The van der Waals surface area contributed by atoms with E-state index in [0.717, 1.165) is 33.3 Å². The van der Waals surface area contributed by atoms with Gasteiger partial charge >= 0.3 is 0 Å². The second kappa shape index (κ2) is 10.1. The van der Waals surface area contributed by atoms with Crippen LogP contribution in [0.3, 0.4) is 0 Å². The molecule has 4 heterocycles. The number of nitrogens with zero attached hydrogens (tertiary/aromatic N) is 6. The van der Waals surface area contributed by atoms with E-state index in [-0.39, 0.29) is 17.3 Å². The number of hydrogen-bond donors (Lipinski definition) is 2. The molecule has 0 saturated carbocycles. The highest BCUT2D eigenvalue weighted by Gasteiger charge is 2.23. The van der Waals surface area contributed by atoms with Gasteiger partial charge in [0.2, 0.25) is 0 Å². The zero-order valence-corrected chi connectivity index (χ0v) is 22.6. The largest absolute Gasteiger partial charge is 0.381 e. The van der Waals surface area contributed by atoms with Crippen LogP contribution in [-0.2, 0) is 7.05 Å². The molecule has 0 fully saturated rings. The number of aryl methyl sites for hydroxylation is 1. The van der Waals surface area contributed by atoms with Crippen molar-refractivity contribution in [1.82, 2.24) is 34.3 Å². The molecular formula is C30H24N8OS. The van der Waals surface area contributed by atoms with Crippen LogP contribution in [-0.4, -0.2) is 34.9 Å². The third-order valence-electron chi connectivity index (χ3n) is 6.58. The number of fused-ring (bicyclic) bond motifs is 2. The van der Waals surface area contributed by atoms with Crippen LogP contribution >= 0.6 is 12.2 Å². The first kappa shape index (κ1) is 25.0. The number of rotatable bonds is 4. The fourth-order valence-electron chi connectivity index (χ4n) is 4.74. The summed E-state index contributed by atoms with van der Waals surface area (Å²) in [5, 5.41) is 13.3. The number of pyridine rings is 1. The third kappa shape index (κ3) is 4.48. The number of carbonyl (C=O) groups excluding carboxylic acids is 1. The Labute approximate surface area is 234 Å². The lowest BCUT2D eigenvalue weighted by Crippen LogP contribution is -2.29. The molecule has 1 unspecified atom stereocenters. The summed E-state index contributed by atoms with van der Waals surface area (Å²) >= 11 is 6.10. The first-order valence-corrected chi connectivity index (χ1v) is 13.0. The summed E-state index contributed by atoms with van der Waals surface area (Å²) < 4.78 is 5.78. The molecule has 2 aromatic carbocycles. The Kier molecular flexibility index (Phi) is 6.34. The Bertz CT molecular complexity index is 2030. The number of amides is 1. The topological polar surface area (TPSA) is 108 Å². The van der Waals surface area contributed by atoms with Crippen molar-refractivity contribution >= 4 is 40.4 Å². The Morgan fingerprint density at radius 1 is 1.10 bits per heavy atom. The number of nitrogens with one attached hydrogen (secondary N) is 1. The molecule has 9 nitrogen and oxygen atoms in total. The number of anilines is 1. The smallest absolute Gasteiger partial charge is 0.259 e. The summed E-state index contributed by atoms with van der Waals surface area (Å²) in [6.07, 6.45) is 6.89. The van der Waals surface area contributed by atoms with Crippen LogP contribution in [0.5, 0.6) is 0 Å². The Morgan fingerprint density at radius 2 is 1.93 bits per heavy atom. The fraction of sp³-hybridized carbons (Fsp3) is 0.100. The lowest BCUT2D eigenvalue weighted by Gasteiger charge is -2.22. The SMILES string of the molecule is CC(NC(=O)c1c(N)nn2cccnc12)c1cc2cccc(C#Cc3cnn(C)c3)c2c(=S)n1-c1ccccc1. The highest BCUT2D eigenvalue weighted by molar-refractivity contribution is 7.71. The normalized spacial score (nSPS) is 11.8.